The van der Waals surface area contributed by atoms with Crippen molar-refractivity contribution in [3.8, 4) is 0 Å². The summed E-state index contributed by atoms with van der Waals surface area (Å²) in [7, 11) is 1.51. The number of rotatable bonds is 13. The molecule has 1 aromatic heterocycles. The fourth-order valence-electron chi connectivity index (χ4n) is 3.42. The van der Waals surface area contributed by atoms with Crippen molar-refractivity contribution in [1.29, 1.82) is 0 Å². The minimum absolute atomic E-state index is 0.266. The highest BCUT2D eigenvalue weighted by Gasteiger charge is 2.63. The molecule has 0 aliphatic carbocycles. The topological polar surface area (TPSA) is 141 Å². The summed E-state index contributed by atoms with van der Waals surface area (Å²) in [5.74, 6) is -1.29. The zero-order chi connectivity index (χ0) is 23.0. The highest BCUT2D eigenvalue weighted by atomic mass is 16.7. The number of carbonyl (C=O) groups is 1. The molecule has 1 saturated heterocycles. The molecule has 1 aliphatic heterocycles. The second-order valence-electron chi connectivity index (χ2n) is 7.52. The van der Waals surface area contributed by atoms with Gasteiger partial charge in [0.25, 0.3) is 5.56 Å². The molecule has 2 rings (SSSR count). The summed E-state index contributed by atoms with van der Waals surface area (Å²) >= 11 is 0. The molecule has 1 aliphatic rings. The minimum atomic E-state index is -1.91. The summed E-state index contributed by atoms with van der Waals surface area (Å²) < 4.78 is 18.7. The van der Waals surface area contributed by atoms with E-state index in [0.29, 0.717) is 13.0 Å². The predicted molar refractivity (Wildman–Crippen MR) is 111 cm³/mol. The van der Waals surface area contributed by atoms with E-state index in [0.717, 1.165) is 23.8 Å². The maximum Gasteiger partial charge on any atom is 0.341 e. The summed E-state index contributed by atoms with van der Waals surface area (Å²) in [6.07, 6.45) is 1.26. The van der Waals surface area contributed by atoms with E-state index in [1.807, 2.05) is 13.8 Å². The Kier molecular flexibility index (Phi) is 9.38. The summed E-state index contributed by atoms with van der Waals surface area (Å²) in [4.78, 5) is 44.6. The van der Waals surface area contributed by atoms with Gasteiger partial charge in [0, 0.05) is 32.0 Å². The van der Waals surface area contributed by atoms with Gasteiger partial charge in [-0.2, -0.15) is 0 Å². The van der Waals surface area contributed by atoms with Crippen LogP contribution in [0.15, 0.2) is 15.8 Å². The number of carboxylic acid groups (broad SMARTS) is 1. The van der Waals surface area contributed by atoms with Crippen LogP contribution in [0.4, 0.5) is 0 Å². The monoisotopic (exact) mass is 443 g/mol. The number of H-pyrrole nitrogens is 1. The molecular formula is C20H33N3O8. The van der Waals surface area contributed by atoms with Crippen molar-refractivity contribution >= 4 is 5.97 Å². The van der Waals surface area contributed by atoms with Crippen LogP contribution >= 0.6 is 0 Å². The summed E-state index contributed by atoms with van der Waals surface area (Å²) in [5.41, 5.74) is -0.371. The van der Waals surface area contributed by atoms with E-state index in [-0.39, 0.29) is 18.8 Å². The third-order valence-electron chi connectivity index (χ3n) is 5.16. The number of hydroxylamine groups is 1. The Balaban J connectivity index is 2.51. The molecule has 0 amide bonds. The normalized spacial score (nSPS) is 25.7. The van der Waals surface area contributed by atoms with Crippen LogP contribution in [-0.2, 0) is 23.8 Å². The van der Waals surface area contributed by atoms with Crippen LogP contribution in [0.5, 0.6) is 0 Å². The molecule has 0 spiro atoms. The van der Waals surface area contributed by atoms with Crippen molar-refractivity contribution < 1.29 is 28.9 Å². The molecule has 11 heteroatoms. The molecule has 0 bridgehead atoms. The first-order chi connectivity index (χ1) is 14.8. The van der Waals surface area contributed by atoms with E-state index < -0.39 is 41.3 Å². The Morgan fingerprint density at radius 3 is 2.58 bits per heavy atom. The number of hydrogen-bond donors (Lipinski definition) is 3. The SMILES string of the molecule is CCCCOC[C@@]1(C(=O)O)O[C@@H](n2cc(C)c(=O)[nH]c2=O)C(ONC)C1OCCCC. The van der Waals surface area contributed by atoms with E-state index >= 15 is 0 Å². The molecule has 4 atom stereocenters. The number of nitrogens with zero attached hydrogens (tertiary/aromatic N) is 1. The number of carboxylic acids is 1. The maximum atomic E-state index is 12.5. The first-order valence-corrected chi connectivity index (χ1v) is 10.6. The van der Waals surface area contributed by atoms with Gasteiger partial charge in [-0.3, -0.25) is 19.2 Å². The number of hydrogen-bond acceptors (Lipinski definition) is 8. The van der Waals surface area contributed by atoms with Gasteiger partial charge in [-0.25, -0.2) is 15.1 Å². The van der Waals surface area contributed by atoms with Crippen LogP contribution in [0.2, 0.25) is 0 Å². The molecule has 0 aromatic carbocycles. The lowest BCUT2D eigenvalue weighted by atomic mass is 9.95. The number of ether oxygens (including phenoxy) is 3. The van der Waals surface area contributed by atoms with Crippen LogP contribution in [0.25, 0.3) is 0 Å². The van der Waals surface area contributed by atoms with Crippen molar-refractivity contribution in [2.75, 3.05) is 26.9 Å². The van der Waals surface area contributed by atoms with E-state index in [1.165, 1.54) is 20.2 Å². The summed E-state index contributed by atoms with van der Waals surface area (Å²) in [5, 5.41) is 10.2. The van der Waals surface area contributed by atoms with Gasteiger partial charge in [0.05, 0.1) is 6.61 Å². The third-order valence-corrected chi connectivity index (χ3v) is 5.16. The van der Waals surface area contributed by atoms with Gasteiger partial charge in [0.2, 0.25) is 5.60 Å². The number of aliphatic carboxylic acids is 1. The highest BCUT2D eigenvalue weighted by Crippen LogP contribution is 2.41. The molecule has 176 valence electrons. The van der Waals surface area contributed by atoms with Gasteiger partial charge in [-0.05, 0) is 19.8 Å². The molecule has 1 fully saturated rings. The van der Waals surface area contributed by atoms with Gasteiger partial charge >= 0.3 is 11.7 Å². The maximum absolute atomic E-state index is 12.5. The van der Waals surface area contributed by atoms with Gasteiger partial charge in [0.15, 0.2) is 12.3 Å². The zero-order valence-electron chi connectivity index (χ0n) is 18.5. The van der Waals surface area contributed by atoms with E-state index in [4.69, 9.17) is 19.0 Å². The predicted octanol–water partition coefficient (Wildman–Crippen LogP) is 0.719. The molecule has 2 heterocycles. The lowest BCUT2D eigenvalue weighted by molar-refractivity contribution is -0.192. The number of nitrogens with one attached hydrogen (secondary N) is 2. The zero-order valence-corrected chi connectivity index (χ0v) is 18.5. The highest BCUT2D eigenvalue weighted by molar-refractivity contribution is 5.79. The molecule has 31 heavy (non-hydrogen) atoms. The van der Waals surface area contributed by atoms with Crippen molar-refractivity contribution in [2.24, 2.45) is 0 Å². The standard InChI is InChI=1S/C20H33N3O8/c1-5-7-9-28-12-20(18(25)26)15(29-10-8-6-2)14(31-21-4)17(30-20)23-11-13(3)16(24)22-19(23)27/h11,14-15,17,21H,5-10,12H2,1-4H3,(H,25,26)(H,22,24,27)/t14?,15?,17-,20-/m1/s1. The molecule has 0 radical (unpaired) electrons. The van der Waals surface area contributed by atoms with Crippen LogP contribution < -0.4 is 16.7 Å². The summed E-state index contributed by atoms with van der Waals surface area (Å²) in [6, 6.07) is 0. The largest absolute Gasteiger partial charge is 0.479 e. The smallest absolute Gasteiger partial charge is 0.341 e. The Morgan fingerprint density at radius 2 is 1.97 bits per heavy atom. The number of aryl methyl sites for hydroxylation is 1. The second kappa shape index (κ2) is 11.5. The van der Waals surface area contributed by atoms with Gasteiger partial charge in [0.1, 0.15) is 6.10 Å². The van der Waals surface area contributed by atoms with Crippen molar-refractivity contribution in [1.82, 2.24) is 15.0 Å². The Hall–Kier alpha value is -2.05. The molecule has 1 aromatic rings. The summed E-state index contributed by atoms with van der Waals surface area (Å²) in [6.45, 7) is 5.87. The van der Waals surface area contributed by atoms with Crippen LogP contribution in [0.3, 0.4) is 0 Å². The van der Waals surface area contributed by atoms with Crippen molar-refractivity contribution in [3.05, 3.63) is 32.6 Å². The van der Waals surface area contributed by atoms with Gasteiger partial charge in [-0.1, -0.05) is 26.7 Å². The van der Waals surface area contributed by atoms with Crippen molar-refractivity contribution in [3.63, 3.8) is 0 Å². The first-order valence-electron chi connectivity index (χ1n) is 10.6. The second-order valence-corrected chi connectivity index (χ2v) is 7.52. The lowest BCUT2D eigenvalue weighted by Gasteiger charge is -2.30. The Morgan fingerprint density at radius 1 is 1.29 bits per heavy atom. The molecule has 2 unspecified atom stereocenters. The molecule has 3 N–H and O–H groups in total. The first kappa shape index (κ1) is 25.2. The van der Waals surface area contributed by atoms with Crippen molar-refractivity contribution in [2.45, 2.75) is 70.5 Å². The fourth-order valence-corrected chi connectivity index (χ4v) is 3.42. The minimum Gasteiger partial charge on any atom is -0.479 e. The molecule has 0 saturated carbocycles. The average Bonchev–Trinajstić information content (AvgIpc) is 3.03. The third kappa shape index (κ3) is 5.60. The van der Waals surface area contributed by atoms with Crippen LogP contribution in [0, 0.1) is 6.92 Å². The van der Waals surface area contributed by atoms with Crippen LogP contribution in [-0.4, -0.2) is 65.3 Å². The fraction of sp³-hybridized carbons (Fsp3) is 0.750. The Labute approximate surface area is 180 Å². The van der Waals surface area contributed by atoms with Gasteiger partial charge in [-0.15, -0.1) is 0 Å². The molecular weight excluding hydrogens is 410 g/mol. The Bertz CT molecular complexity index is 838. The number of aromatic nitrogens is 2. The lowest BCUT2D eigenvalue weighted by Crippen LogP contribution is -2.55. The average molecular weight is 443 g/mol. The van der Waals surface area contributed by atoms with E-state index in [1.54, 1.807) is 0 Å². The van der Waals surface area contributed by atoms with Gasteiger partial charge < -0.3 is 19.3 Å². The quantitative estimate of drug-likeness (QED) is 0.297. The number of unbranched alkanes of at least 4 members (excludes halogenated alkanes) is 2. The molecule has 11 nitrogen and oxygen atoms in total. The van der Waals surface area contributed by atoms with E-state index in [2.05, 4.69) is 10.5 Å². The van der Waals surface area contributed by atoms with Crippen LogP contribution in [0.1, 0.15) is 51.3 Å². The van der Waals surface area contributed by atoms with E-state index in [9.17, 15) is 19.5 Å². The number of aromatic amines is 1.